The van der Waals surface area contributed by atoms with Crippen molar-refractivity contribution in [2.24, 2.45) is 0 Å². The molecule has 1 aromatic rings. The molecule has 1 aromatic heterocycles. The molecule has 16 heavy (non-hydrogen) atoms. The van der Waals surface area contributed by atoms with E-state index in [0.29, 0.717) is 11.2 Å². The van der Waals surface area contributed by atoms with Gasteiger partial charge in [0.1, 0.15) is 16.8 Å². The van der Waals surface area contributed by atoms with Crippen molar-refractivity contribution >= 4 is 17.4 Å². The van der Waals surface area contributed by atoms with Crippen LogP contribution in [0.1, 0.15) is 37.1 Å². The second kappa shape index (κ2) is 4.58. The Morgan fingerprint density at radius 2 is 1.81 bits per heavy atom. The van der Waals surface area contributed by atoms with Crippen LogP contribution in [0, 0.1) is 13.8 Å². The average Bonchev–Trinajstić information content (AvgIpc) is 2.75. The largest absolute Gasteiger partial charge is 0.356 e. The highest BCUT2D eigenvalue weighted by Crippen LogP contribution is 2.29. The summed E-state index contributed by atoms with van der Waals surface area (Å²) in [6, 6.07) is 0.615. The van der Waals surface area contributed by atoms with Gasteiger partial charge in [0.25, 0.3) is 0 Å². The highest BCUT2D eigenvalue weighted by molar-refractivity contribution is 6.30. The molecule has 3 nitrogen and oxygen atoms in total. The third-order valence-electron chi connectivity index (χ3n) is 3.38. The maximum Gasteiger partial charge on any atom is 0.137 e. The van der Waals surface area contributed by atoms with E-state index < -0.39 is 0 Å². The number of hydrogen-bond donors (Lipinski definition) is 0. The van der Waals surface area contributed by atoms with Crippen molar-refractivity contribution < 1.29 is 0 Å². The van der Waals surface area contributed by atoms with Gasteiger partial charge in [-0.15, -0.1) is 0 Å². The minimum atomic E-state index is 0.576. The lowest BCUT2D eigenvalue weighted by Gasteiger charge is -2.27. The van der Waals surface area contributed by atoms with Crippen LogP contribution >= 0.6 is 11.6 Å². The van der Waals surface area contributed by atoms with Gasteiger partial charge in [0.05, 0.1) is 0 Å². The summed E-state index contributed by atoms with van der Waals surface area (Å²) in [7, 11) is 2.11. The number of hydrogen-bond acceptors (Lipinski definition) is 3. The summed E-state index contributed by atoms with van der Waals surface area (Å²) in [5.41, 5.74) is 0.988. The summed E-state index contributed by atoms with van der Waals surface area (Å²) >= 11 is 6.09. The normalized spacial score (nSPS) is 16.8. The maximum absolute atomic E-state index is 6.09. The summed E-state index contributed by atoms with van der Waals surface area (Å²) in [5.74, 6) is 1.74. The van der Waals surface area contributed by atoms with Crippen LogP contribution in [0.15, 0.2) is 0 Å². The van der Waals surface area contributed by atoms with Crippen molar-refractivity contribution in [3.8, 4) is 0 Å². The molecule has 1 heterocycles. The molecular formula is C12H18ClN3. The number of anilines is 1. The lowest BCUT2D eigenvalue weighted by atomic mass is 10.2. The number of rotatable bonds is 2. The van der Waals surface area contributed by atoms with Crippen molar-refractivity contribution in [1.29, 1.82) is 0 Å². The van der Waals surface area contributed by atoms with E-state index in [1.165, 1.54) is 25.7 Å². The van der Waals surface area contributed by atoms with Crippen molar-refractivity contribution in [3.63, 3.8) is 0 Å². The van der Waals surface area contributed by atoms with Crippen LogP contribution in [0.4, 0.5) is 5.82 Å². The van der Waals surface area contributed by atoms with E-state index in [-0.39, 0.29) is 0 Å². The lowest BCUT2D eigenvalue weighted by Crippen LogP contribution is -2.30. The predicted molar refractivity (Wildman–Crippen MR) is 67.2 cm³/mol. The summed E-state index contributed by atoms with van der Waals surface area (Å²) in [6.45, 7) is 3.87. The number of nitrogens with zero attached hydrogens (tertiary/aromatic N) is 3. The van der Waals surface area contributed by atoms with Gasteiger partial charge in [-0.2, -0.15) is 0 Å². The molecule has 1 fully saturated rings. The van der Waals surface area contributed by atoms with Crippen LogP contribution in [0.2, 0.25) is 5.15 Å². The van der Waals surface area contributed by atoms with E-state index in [9.17, 15) is 0 Å². The van der Waals surface area contributed by atoms with Crippen LogP contribution in [0.25, 0.3) is 0 Å². The summed E-state index contributed by atoms with van der Waals surface area (Å²) in [5, 5.41) is 0.576. The molecule has 0 atom stereocenters. The zero-order valence-electron chi connectivity index (χ0n) is 10.1. The molecule has 4 heteroatoms. The molecule has 0 N–H and O–H groups in total. The van der Waals surface area contributed by atoms with Gasteiger partial charge in [0.15, 0.2) is 0 Å². The van der Waals surface area contributed by atoms with Crippen LogP contribution < -0.4 is 4.90 Å². The molecule has 0 bridgehead atoms. The van der Waals surface area contributed by atoms with Crippen LogP contribution in [0.3, 0.4) is 0 Å². The van der Waals surface area contributed by atoms with Crippen molar-refractivity contribution in [2.45, 2.75) is 45.6 Å². The van der Waals surface area contributed by atoms with Gasteiger partial charge in [0.2, 0.25) is 0 Å². The Hall–Kier alpha value is -0.830. The first-order chi connectivity index (χ1) is 7.59. The van der Waals surface area contributed by atoms with Gasteiger partial charge in [0, 0.05) is 18.7 Å². The van der Waals surface area contributed by atoms with Gasteiger partial charge in [-0.3, -0.25) is 0 Å². The van der Waals surface area contributed by atoms with Crippen molar-refractivity contribution in [1.82, 2.24) is 9.97 Å². The standard InChI is InChI=1S/C12H18ClN3/c1-8-11(13)14-9(2)15-12(8)16(3)10-6-4-5-7-10/h10H,4-7H2,1-3H3. The summed E-state index contributed by atoms with van der Waals surface area (Å²) in [6.07, 6.45) is 5.17. The Morgan fingerprint density at radius 3 is 2.44 bits per heavy atom. The highest BCUT2D eigenvalue weighted by Gasteiger charge is 2.22. The monoisotopic (exact) mass is 239 g/mol. The van der Waals surface area contributed by atoms with E-state index in [0.717, 1.165) is 17.2 Å². The fourth-order valence-electron chi connectivity index (χ4n) is 2.39. The third-order valence-corrected chi connectivity index (χ3v) is 3.75. The maximum atomic E-state index is 6.09. The minimum absolute atomic E-state index is 0.576. The zero-order valence-corrected chi connectivity index (χ0v) is 10.9. The molecule has 0 amide bonds. The zero-order chi connectivity index (χ0) is 11.7. The van der Waals surface area contributed by atoms with Crippen LogP contribution in [-0.4, -0.2) is 23.1 Å². The average molecular weight is 240 g/mol. The first-order valence-corrected chi connectivity index (χ1v) is 6.21. The van der Waals surface area contributed by atoms with Gasteiger partial charge < -0.3 is 4.90 Å². The highest BCUT2D eigenvalue weighted by atomic mass is 35.5. The van der Waals surface area contributed by atoms with Crippen LogP contribution in [-0.2, 0) is 0 Å². The molecule has 0 aliphatic heterocycles. The predicted octanol–water partition coefficient (Wildman–Crippen LogP) is 3.13. The van der Waals surface area contributed by atoms with Crippen molar-refractivity contribution in [3.05, 3.63) is 16.5 Å². The van der Waals surface area contributed by atoms with Crippen LogP contribution in [0.5, 0.6) is 0 Å². The van der Waals surface area contributed by atoms with Crippen molar-refractivity contribution in [2.75, 3.05) is 11.9 Å². The van der Waals surface area contributed by atoms with E-state index in [1.54, 1.807) is 0 Å². The van der Waals surface area contributed by atoms with E-state index in [4.69, 9.17) is 11.6 Å². The molecule has 1 aliphatic carbocycles. The molecule has 0 saturated heterocycles. The first-order valence-electron chi connectivity index (χ1n) is 5.83. The third kappa shape index (κ3) is 2.14. The van der Waals surface area contributed by atoms with Gasteiger partial charge >= 0.3 is 0 Å². The quantitative estimate of drug-likeness (QED) is 0.743. The Balaban J connectivity index is 2.31. The lowest BCUT2D eigenvalue weighted by molar-refractivity contribution is 0.642. The molecular weight excluding hydrogens is 222 g/mol. The molecule has 0 unspecified atom stereocenters. The molecule has 0 spiro atoms. The topological polar surface area (TPSA) is 29.0 Å². The SMILES string of the molecule is Cc1nc(Cl)c(C)c(N(C)C2CCCC2)n1. The second-order valence-electron chi connectivity index (χ2n) is 4.56. The second-order valence-corrected chi connectivity index (χ2v) is 4.92. The van der Waals surface area contributed by atoms with Gasteiger partial charge in [-0.25, -0.2) is 9.97 Å². The molecule has 88 valence electrons. The molecule has 1 aliphatic rings. The smallest absolute Gasteiger partial charge is 0.137 e. The Labute approximate surface area is 102 Å². The number of aryl methyl sites for hydroxylation is 1. The Morgan fingerprint density at radius 1 is 1.19 bits per heavy atom. The summed E-state index contributed by atoms with van der Waals surface area (Å²) in [4.78, 5) is 10.9. The molecule has 0 radical (unpaired) electrons. The van der Waals surface area contributed by atoms with Gasteiger partial charge in [-0.1, -0.05) is 24.4 Å². The fourth-order valence-corrected chi connectivity index (χ4v) is 2.60. The number of aromatic nitrogens is 2. The fraction of sp³-hybridized carbons (Fsp3) is 0.667. The molecule has 2 rings (SSSR count). The van der Waals surface area contributed by atoms with Gasteiger partial charge in [-0.05, 0) is 26.7 Å². The summed E-state index contributed by atoms with van der Waals surface area (Å²) < 4.78 is 0. The Bertz CT molecular complexity index is 386. The minimum Gasteiger partial charge on any atom is -0.356 e. The molecule has 0 aromatic carbocycles. The molecule has 1 saturated carbocycles. The first kappa shape index (κ1) is 11.6. The van der Waals surface area contributed by atoms with E-state index >= 15 is 0 Å². The van der Waals surface area contributed by atoms with E-state index in [2.05, 4.69) is 21.9 Å². The Kier molecular flexibility index (Phi) is 3.33. The van der Waals surface area contributed by atoms with E-state index in [1.807, 2.05) is 13.8 Å². The number of halogens is 1.